The molecule has 0 unspecified atom stereocenters. The molecule has 0 saturated carbocycles. The van der Waals surface area contributed by atoms with Gasteiger partial charge >= 0.3 is 5.97 Å². The summed E-state index contributed by atoms with van der Waals surface area (Å²) < 4.78 is 20.0. The number of rotatable bonds is 7. The van der Waals surface area contributed by atoms with Gasteiger partial charge in [0.15, 0.2) is 0 Å². The van der Waals surface area contributed by atoms with E-state index in [0.29, 0.717) is 17.7 Å². The molecule has 1 amide bonds. The predicted molar refractivity (Wildman–Crippen MR) is 117 cm³/mol. The Bertz CT molecular complexity index is 855. The second kappa shape index (κ2) is 9.50. The van der Waals surface area contributed by atoms with Crippen LogP contribution in [0.2, 0.25) is 0 Å². The summed E-state index contributed by atoms with van der Waals surface area (Å²) in [6, 6.07) is 6.68. The number of nitrogens with zero attached hydrogens (tertiary/aromatic N) is 1. The lowest BCUT2D eigenvalue weighted by atomic mass is 9.92. The van der Waals surface area contributed by atoms with Crippen LogP contribution in [0.15, 0.2) is 42.5 Å². The van der Waals surface area contributed by atoms with Crippen molar-refractivity contribution in [1.29, 1.82) is 0 Å². The number of hydrogen-bond acceptors (Lipinski definition) is 4. The number of esters is 1. The zero-order chi connectivity index (χ0) is 21.8. The first-order valence-corrected chi connectivity index (χ1v) is 10.8. The fourth-order valence-electron chi connectivity index (χ4n) is 2.98. The van der Waals surface area contributed by atoms with Gasteiger partial charge in [-0.2, -0.15) is 0 Å². The molecule has 0 fully saturated rings. The van der Waals surface area contributed by atoms with Gasteiger partial charge in [-0.3, -0.25) is 9.59 Å². The Kier molecular flexibility index (Phi) is 7.54. The SMILES string of the molecule is C=C(/C=C1/CN(C)C(=O)c2ccccc21)C[C@H](N[S@@](=O)C(C)(C)C)C(=O)OCC. The number of allylic oxidation sites excluding steroid dienone is 1. The first-order valence-electron chi connectivity index (χ1n) is 9.62. The lowest BCUT2D eigenvalue weighted by molar-refractivity contribution is -0.145. The van der Waals surface area contributed by atoms with Crippen molar-refractivity contribution >= 4 is 28.4 Å². The first-order chi connectivity index (χ1) is 13.5. The van der Waals surface area contributed by atoms with Crippen molar-refractivity contribution in [3.05, 3.63) is 53.6 Å². The van der Waals surface area contributed by atoms with E-state index in [1.807, 2.05) is 45.0 Å². The number of amides is 1. The molecule has 1 aliphatic heterocycles. The second-order valence-electron chi connectivity index (χ2n) is 8.04. The molecule has 6 nitrogen and oxygen atoms in total. The van der Waals surface area contributed by atoms with Crippen LogP contribution in [0.1, 0.15) is 50.0 Å². The van der Waals surface area contributed by atoms with E-state index < -0.39 is 27.7 Å². The van der Waals surface area contributed by atoms with Crippen LogP contribution in [0.4, 0.5) is 0 Å². The van der Waals surface area contributed by atoms with Gasteiger partial charge < -0.3 is 9.64 Å². The smallest absolute Gasteiger partial charge is 0.324 e. The Labute approximate surface area is 175 Å². The van der Waals surface area contributed by atoms with Crippen LogP contribution in [0, 0.1) is 0 Å². The average molecular weight is 419 g/mol. The maximum atomic E-state index is 12.5. The van der Waals surface area contributed by atoms with Crippen molar-refractivity contribution in [2.75, 3.05) is 20.2 Å². The van der Waals surface area contributed by atoms with E-state index in [9.17, 15) is 13.8 Å². The van der Waals surface area contributed by atoms with Crippen LogP contribution in [-0.4, -0.2) is 52.0 Å². The first kappa shape index (κ1) is 23.0. The van der Waals surface area contributed by atoms with Crippen LogP contribution < -0.4 is 4.72 Å². The lowest BCUT2D eigenvalue weighted by Gasteiger charge is -2.28. The Balaban J connectivity index is 2.25. The van der Waals surface area contributed by atoms with E-state index in [1.165, 1.54) is 0 Å². The molecular weight excluding hydrogens is 388 g/mol. The molecule has 29 heavy (non-hydrogen) atoms. The van der Waals surface area contributed by atoms with Crippen molar-refractivity contribution in [3.8, 4) is 0 Å². The van der Waals surface area contributed by atoms with Crippen LogP contribution in [0.25, 0.3) is 5.57 Å². The monoisotopic (exact) mass is 418 g/mol. The van der Waals surface area contributed by atoms with Gasteiger partial charge in [-0.1, -0.05) is 36.4 Å². The minimum atomic E-state index is -1.43. The van der Waals surface area contributed by atoms with Crippen molar-refractivity contribution < 1.29 is 18.5 Å². The highest BCUT2D eigenvalue weighted by molar-refractivity contribution is 7.84. The molecule has 1 aromatic rings. The minimum absolute atomic E-state index is 0.0185. The summed E-state index contributed by atoms with van der Waals surface area (Å²) in [5.41, 5.74) is 3.16. The average Bonchev–Trinajstić information content (AvgIpc) is 2.64. The normalized spacial score (nSPS) is 17.6. The van der Waals surface area contributed by atoms with Crippen LogP contribution >= 0.6 is 0 Å². The summed E-state index contributed by atoms with van der Waals surface area (Å²) in [4.78, 5) is 26.4. The van der Waals surface area contributed by atoms with Gasteiger partial charge in [0.1, 0.15) is 6.04 Å². The number of fused-ring (bicyclic) bond motifs is 1. The third-order valence-corrected chi connectivity index (χ3v) is 6.09. The summed E-state index contributed by atoms with van der Waals surface area (Å²) in [5, 5.41) is 0. The highest BCUT2D eigenvalue weighted by Crippen LogP contribution is 2.28. The molecule has 0 aromatic heterocycles. The van der Waals surface area contributed by atoms with Crippen LogP contribution in [-0.2, 0) is 20.5 Å². The summed E-state index contributed by atoms with van der Waals surface area (Å²) >= 11 is 0. The van der Waals surface area contributed by atoms with Gasteiger partial charge in [0.2, 0.25) is 0 Å². The molecule has 1 N–H and O–H groups in total. The van der Waals surface area contributed by atoms with E-state index >= 15 is 0 Å². The molecular formula is C22H30N2O4S. The Morgan fingerprint density at radius 1 is 1.34 bits per heavy atom. The second-order valence-corrected chi connectivity index (χ2v) is 10.0. The third-order valence-electron chi connectivity index (χ3n) is 4.48. The quantitative estimate of drug-likeness (QED) is 0.691. The molecule has 1 aromatic carbocycles. The fourth-order valence-corrected chi connectivity index (χ4v) is 3.77. The molecule has 2 rings (SSSR count). The van der Waals surface area contributed by atoms with Crippen molar-refractivity contribution in [3.63, 3.8) is 0 Å². The number of carbonyl (C=O) groups excluding carboxylic acids is 2. The minimum Gasteiger partial charge on any atom is -0.465 e. The highest BCUT2D eigenvalue weighted by Gasteiger charge is 2.29. The largest absolute Gasteiger partial charge is 0.465 e. The van der Waals surface area contributed by atoms with Gasteiger partial charge in [-0.25, -0.2) is 8.93 Å². The Morgan fingerprint density at radius 3 is 2.55 bits per heavy atom. The van der Waals surface area contributed by atoms with Crippen LogP contribution in [0.3, 0.4) is 0 Å². The number of nitrogens with one attached hydrogen (secondary N) is 1. The summed E-state index contributed by atoms with van der Waals surface area (Å²) in [5.74, 6) is -0.476. The van der Waals surface area contributed by atoms with Gasteiger partial charge in [-0.15, -0.1) is 0 Å². The maximum absolute atomic E-state index is 12.5. The molecule has 0 bridgehead atoms. The van der Waals surface area contributed by atoms with Gasteiger partial charge in [0.05, 0.1) is 22.3 Å². The number of benzene rings is 1. The highest BCUT2D eigenvalue weighted by atomic mass is 32.2. The molecule has 0 radical (unpaired) electrons. The van der Waals surface area contributed by atoms with Crippen molar-refractivity contribution in [2.24, 2.45) is 0 Å². The van der Waals surface area contributed by atoms with E-state index in [1.54, 1.807) is 24.9 Å². The lowest BCUT2D eigenvalue weighted by Crippen LogP contribution is -2.44. The number of likely N-dealkylation sites (N-methyl/N-ethyl adjacent to an activating group) is 1. The number of carbonyl (C=O) groups is 2. The van der Waals surface area contributed by atoms with Gasteiger partial charge in [0.25, 0.3) is 5.91 Å². The zero-order valence-corrected chi connectivity index (χ0v) is 18.6. The van der Waals surface area contributed by atoms with Gasteiger partial charge in [0, 0.05) is 19.2 Å². The standard InChI is InChI=1S/C22H30N2O4S/c1-7-28-21(26)19(23-29(27)22(3,4)5)13-15(2)12-16-14-24(6)20(25)18-11-9-8-10-17(16)18/h8-12,19,23H,2,7,13-14H2,1,3-6H3/b16-12-/t19-,29-/m0/s1. The molecule has 1 heterocycles. The van der Waals surface area contributed by atoms with E-state index in [4.69, 9.17) is 4.74 Å². The van der Waals surface area contributed by atoms with Crippen molar-refractivity contribution in [2.45, 2.75) is 44.9 Å². The fraction of sp³-hybridized carbons (Fsp3) is 0.455. The predicted octanol–water partition coefficient (Wildman–Crippen LogP) is 3.09. The maximum Gasteiger partial charge on any atom is 0.324 e. The molecule has 1 aliphatic rings. The summed E-state index contributed by atoms with van der Waals surface area (Å²) in [6.07, 6.45) is 2.15. The summed E-state index contributed by atoms with van der Waals surface area (Å²) in [6.45, 7) is 12.0. The third kappa shape index (κ3) is 5.87. The van der Waals surface area contributed by atoms with Gasteiger partial charge in [-0.05, 0) is 51.3 Å². The molecule has 0 spiro atoms. The number of ether oxygens (including phenoxy) is 1. The van der Waals surface area contributed by atoms with Crippen LogP contribution in [0.5, 0.6) is 0 Å². The molecule has 2 atom stereocenters. The molecule has 7 heteroatoms. The molecule has 0 aliphatic carbocycles. The number of hydrogen-bond donors (Lipinski definition) is 1. The zero-order valence-electron chi connectivity index (χ0n) is 17.8. The summed E-state index contributed by atoms with van der Waals surface area (Å²) in [7, 11) is 0.327. The van der Waals surface area contributed by atoms with E-state index in [-0.39, 0.29) is 18.9 Å². The Hall–Kier alpha value is -2.25. The molecule has 158 valence electrons. The Morgan fingerprint density at radius 2 is 1.97 bits per heavy atom. The van der Waals surface area contributed by atoms with E-state index in [0.717, 1.165) is 11.1 Å². The topological polar surface area (TPSA) is 75.7 Å². The molecule has 0 saturated heterocycles. The van der Waals surface area contributed by atoms with Crippen molar-refractivity contribution in [1.82, 2.24) is 9.62 Å². The van der Waals surface area contributed by atoms with E-state index in [2.05, 4.69) is 11.3 Å².